The van der Waals surface area contributed by atoms with Gasteiger partial charge in [-0.3, -0.25) is 0 Å². The predicted molar refractivity (Wildman–Crippen MR) is 119 cm³/mol. The van der Waals surface area contributed by atoms with Gasteiger partial charge in [-0.2, -0.15) is 0 Å². The molecule has 4 rings (SSSR count). The average Bonchev–Trinajstić information content (AvgIpc) is 2.99. The molecule has 0 aromatic rings. The molecule has 1 nitrogen and oxygen atoms in total. The summed E-state index contributed by atoms with van der Waals surface area (Å²) in [6, 6.07) is 0. The van der Waals surface area contributed by atoms with Crippen molar-refractivity contribution in [2.45, 2.75) is 111 Å². The monoisotopic (exact) mass is 422 g/mol. The van der Waals surface area contributed by atoms with Gasteiger partial charge in [-0.25, -0.2) is 8.78 Å². The van der Waals surface area contributed by atoms with Crippen LogP contribution in [0.1, 0.15) is 99.3 Å². The molecule has 3 heteroatoms. The van der Waals surface area contributed by atoms with E-state index in [0.717, 1.165) is 32.1 Å². The molecule has 172 valence electrons. The average molecular weight is 423 g/mol. The molecule has 0 aliphatic heterocycles. The van der Waals surface area contributed by atoms with E-state index in [2.05, 4.69) is 26.8 Å². The van der Waals surface area contributed by atoms with Gasteiger partial charge in [-0.1, -0.05) is 46.3 Å². The van der Waals surface area contributed by atoms with E-state index >= 15 is 0 Å². The molecule has 0 bridgehead atoms. The van der Waals surface area contributed by atoms with Gasteiger partial charge in [0.05, 0.1) is 5.60 Å². The SMILES string of the molecule is CC(C)C(F)(F)C[C@@H](C)[C@H]1CC[C@H]2[C@@H]3CC=C4C[C@@](C)(O)CC[C@]4(C)[C@H]3CC[C@]12C. The summed E-state index contributed by atoms with van der Waals surface area (Å²) in [5.74, 6) is -0.539. The summed E-state index contributed by atoms with van der Waals surface area (Å²) >= 11 is 0. The molecule has 0 aromatic heterocycles. The van der Waals surface area contributed by atoms with Crippen molar-refractivity contribution in [3.63, 3.8) is 0 Å². The zero-order chi connectivity index (χ0) is 22.1. The second-order valence-corrected chi connectivity index (χ2v) is 12.8. The maximum Gasteiger partial charge on any atom is 0.250 e. The highest BCUT2D eigenvalue weighted by Crippen LogP contribution is 2.68. The second kappa shape index (κ2) is 7.29. The van der Waals surface area contributed by atoms with E-state index in [4.69, 9.17) is 0 Å². The molecule has 0 aromatic carbocycles. The molecule has 0 radical (unpaired) electrons. The lowest BCUT2D eigenvalue weighted by atomic mass is 9.46. The lowest BCUT2D eigenvalue weighted by Gasteiger charge is -2.59. The van der Waals surface area contributed by atoms with Crippen LogP contribution in [0.2, 0.25) is 0 Å². The van der Waals surface area contributed by atoms with Crippen molar-refractivity contribution in [3.05, 3.63) is 11.6 Å². The Labute approximate surface area is 183 Å². The maximum atomic E-state index is 14.5. The number of hydrogen-bond donors (Lipinski definition) is 1. The van der Waals surface area contributed by atoms with Crippen LogP contribution < -0.4 is 0 Å². The van der Waals surface area contributed by atoms with Crippen molar-refractivity contribution in [3.8, 4) is 0 Å². The maximum absolute atomic E-state index is 14.5. The van der Waals surface area contributed by atoms with E-state index < -0.39 is 17.4 Å². The molecule has 30 heavy (non-hydrogen) atoms. The molecule has 0 heterocycles. The minimum absolute atomic E-state index is 0.0442. The molecule has 0 saturated heterocycles. The topological polar surface area (TPSA) is 20.2 Å². The zero-order valence-corrected chi connectivity index (χ0v) is 20.1. The van der Waals surface area contributed by atoms with Crippen LogP contribution in [-0.4, -0.2) is 16.6 Å². The van der Waals surface area contributed by atoms with E-state index in [0.29, 0.717) is 23.7 Å². The Bertz CT molecular complexity index is 695. The van der Waals surface area contributed by atoms with Crippen LogP contribution >= 0.6 is 0 Å². The highest BCUT2D eigenvalue weighted by Gasteiger charge is 2.60. The Morgan fingerprint density at radius 1 is 1.03 bits per heavy atom. The largest absolute Gasteiger partial charge is 0.390 e. The summed E-state index contributed by atoms with van der Waals surface area (Å²) in [7, 11) is 0. The highest BCUT2D eigenvalue weighted by atomic mass is 19.3. The summed E-state index contributed by atoms with van der Waals surface area (Å²) in [4.78, 5) is 0. The molecule has 0 unspecified atom stereocenters. The Morgan fingerprint density at radius 3 is 2.40 bits per heavy atom. The van der Waals surface area contributed by atoms with Crippen LogP contribution in [0.4, 0.5) is 8.78 Å². The molecular formula is C27H44F2O. The first-order valence-corrected chi connectivity index (χ1v) is 12.6. The number of hydrogen-bond acceptors (Lipinski definition) is 1. The normalized spacial score (nSPS) is 47.3. The molecule has 4 aliphatic rings. The third kappa shape index (κ3) is 3.50. The fourth-order valence-electron chi connectivity index (χ4n) is 8.59. The first-order chi connectivity index (χ1) is 13.8. The van der Waals surface area contributed by atoms with E-state index in [-0.39, 0.29) is 23.2 Å². The summed E-state index contributed by atoms with van der Waals surface area (Å²) in [6.45, 7) is 12.3. The fraction of sp³-hybridized carbons (Fsp3) is 0.926. The number of alkyl halides is 2. The van der Waals surface area contributed by atoms with Crippen molar-refractivity contribution < 1.29 is 13.9 Å². The highest BCUT2D eigenvalue weighted by molar-refractivity contribution is 5.26. The molecular weight excluding hydrogens is 378 g/mol. The Balaban J connectivity index is 1.55. The first-order valence-electron chi connectivity index (χ1n) is 12.6. The van der Waals surface area contributed by atoms with E-state index in [1.165, 1.54) is 24.8 Å². The first kappa shape index (κ1) is 22.7. The van der Waals surface area contributed by atoms with Crippen molar-refractivity contribution in [1.82, 2.24) is 0 Å². The van der Waals surface area contributed by atoms with Gasteiger partial charge in [0.1, 0.15) is 0 Å². The summed E-state index contributed by atoms with van der Waals surface area (Å²) in [5.41, 5.74) is 1.41. The van der Waals surface area contributed by atoms with Gasteiger partial charge in [0, 0.05) is 12.3 Å². The summed E-state index contributed by atoms with van der Waals surface area (Å²) < 4.78 is 29.1. The third-order valence-corrected chi connectivity index (χ3v) is 10.6. The van der Waals surface area contributed by atoms with Crippen molar-refractivity contribution in [2.75, 3.05) is 0 Å². The van der Waals surface area contributed by atoms with Gasteiger partial charge in [0.25, 0.3) is 5.92 Å². The van der Waals surface area contributed by atoms with E-state index in [9.17, 15) is 13.9 Å². The molecule has 8 atom stereocenters. The molecule has 3 fully saturated rings. The van der Waals surface area contributed by atoms with E-state index in [1.807, 2.05) is 6.92 Å². The van der Waals surface area contributed by atoms with Gasteiger partial charge in [0.15, 0.2) is 0 Å². The van der Waals surface area contributed by atoms with Crippen molar-refractivity contribution in [2.24, 2.45) is 46.3 Å². The van der Waals surface area contributed by atoms with Crippen LogP contribution in [0, 0.1) is 46.3 Å². The number of allylic oxidation sites excluding steroid dienone is 1. The lowest BCUT2D eigenvalue weighted by Crippen LogP contribution is -2.52. The summed E-state index contributed by atoms with van der Waals surface area (Å²) in [6.07, 6.45) is 11.3. The van der Waals surface area contributed by atoms with Gasteiger partial charge in [-0.05, 0) is 98.7 Å². The Morgan fingerprint density at radius 2 is 1.73 bits per heavy atom. The van der Waals surface area contributed by atoms with Crippen LogP contribution in [0.5, 0.6) is 0 Å². The predicted octanol–water partition coefficient (Wildman–Crippen LogP) is 7.63. The van der Waals surface area contributed by atoms with Crippen LogP contribution in [0.25, 0.3) is 0 Å². The Hall–Kier alpha value is -0.440. The van der Waals surface area contributed by atoms with Crippen molar-refractivity contribution >= 4 is 0 Å². The number of halogens is 2. The molecule has 3 saturated carbocycles. The van der Waals surface area contributed by atoms with Crippen LogP contribution in [0.3, 0.4) is 0 Å². The van der Waals surface area contributed by atoms with Gasteiger partial charge in [-0.15, -0.1) is 0 Å². The molecule has 1 N–H and O–H groups in total. The quantitative estimate of drug-likeness (QED) is 0.462. The molecule has 4 aliphatic carbocycles. The minimum atomic E-state index is -2.56. The number of rotatable bonds is 4. The van der Waals surface area contributed by atoms with E-state index in [1.54, 1.807) is 13.8 Å². The van der Waals surface area contributed by atoms with Gasteiger partial charge in [0.2, 0.25) is 0 Å². The molecule has 0 amide bonds. The van der Waals surface area contributed by atoms with Crippen LogP contribution in [-0.2, 0) is 0 Å². The van der Waals surface area contributed by atoms with Crippen LogP contribution in [0.15, 0.2) is 11.6 Å². The van der Waals surface area contributed by atoms with Crippen molar-refractivity contribution in [1.29, 1.82) is 0 Å². The zero-order valence-electron chi connectivity index (χ0n) is 20.1. The summed E-state index contributed by atoms with van der Waals surface area (Å²) in [5, 5.41) is 10.6. The smallest absolute Gasteiger partial charge is 0.250 e. The standard InChI is InChI=1S/C27H44F2O/c1-17(2)27(28,29)15-18(3)21-9-10-22-20-8-7-19-16-24(4,30)13-14-25(19,5)23(20)11-12-26(21,22)6/h7,17-18,20-23,30H,8-16H2,1-6H3/t18-,20+,21-,22+,23+,24+,25+,26-/m1/s1. The number of aliphatic hydroxyl groups is 1. The number of fused-ring (bicyclic) bond motifs is 5. The lowest BCUT2D eigenvalue weighted by molar-refractivity contribution is -0.0929. The van der Waals surface area contributed by atoms with Gasteiger partial charge >= 0.3 is 0 Å². The third-order valence-electron chi connectivity index (χ3n) is 10.6. The van der Waals surface area contributed by atoms with Gasteiger partial charge < -0.3 is 5.11 Å². The fourth-order valence-corrected chi connectivity index (χ4v) is 8.59. The Kier molecular flexibility index (Phi) is 5.52. The molecule has 0 spiro atoms. The minimum Gasteiger partial charge on any atom is -0.390 e. The second-order valence-electron chi connectivity index (χ2n) is 12.8.